The lowest BCUT2D eigenvalue weighted by molar-refractivity contribution is -0.136. The van der Waals surface area contributed by atoms with Crippen LogP contribution in [0.4, 0.5) is 13.2 Å². The number of nitrogens with two attached hydrogens (primary N) is 1. The van der Waals surface area contributed by atoms with Crippen LogP contribution in [0.5, 0.6) is 0 Å². The van der Waals surface area contributed by atoms with E-state index in [-0.39, 0.29) is 17.1 Å². The molecule has 0 bridgehead atoms. The second-order valence-electron chi connectivity index (χ2n) is 5.45. The van der Waals surface area contributed by atoms with Crippen molar-refractivity contribution in [2.75, 3.05) is 0 Å². The number of hydrogen-bond donors (Lipinski definition) is 2. The third kappa shape index (κ3) is 2.90. The highest BCUT2D eigenvalue weighted by Crippen LogP contribution is 2.36. The van der Waals surface area contributed by atoms with Crippen molar-refractivity contribution >= 4 is 23.1 Å². The summed E-state index contributed by atoms with van der Waals surface area (Å²) >= 11 is 0. The van der Waals surface area contributed by atoms with Gasteiger partial charge >= 0.3 is 6.18 Å². The van der Waals surface area contributed by atoms with Gasteiger partial charge in [-0.3, -0.25) is 4.79 Å². The van der Waals surface area contributed by atoms with Crippen LogP contribution in [-0.4, -0.2) is 16.4 Å². The summed E-state index contributed by atoms with van der Waals surface area (Å²) in [6, 6.07) is 5.41. The molecule has 3 rings (SSSR count). The third-order valence-electron chi connectivity index (χ3n) is 3.59. The maximum atomic E-state index is 12.9. The Labute approximate surface area is 133 Å². The number of benzene rings is 1. The minimum Gasteiger partial charge on any atom is -0.436 e. The normalized spacial score (nSPS) is 16.7. The number of nitriles is 1. The first kappa shape index (κ1) is 15.9. The number of hydrogen-bond acceptors (Lipinski definition) is 5. The Morgan fingerprint density at radius 2 is 2.17 bits per heavy atom. The van der Waals surface area contributed by atoms with E-state index in [2.05, 4.69) is 10.3 Å². The van der Waals surface area contributed by atoms with Crippen LogP contribution in [0.25, 0.3) is 17.2 Å². The fourth-order valence-electron chi connectivity index (χ4n) is 2.13. The number of oxazole rings is 1. The van der Waals surface area contributed by atoms with Gasteiger partial charge in [0, 0.05) is 6.08 Å². The van der Waals surface area contributed by atoms with Gasteiger partial charge in [-0.2, -0.15) is 18.4 Å². The van der Waals surface area contributed by atoms with Gasteiger partial charge in [0.05, 0.1) is 6.07 Å². The average molecular weight is 336 g/mol. The van der Waals surface area contributed by atoms with Crippen LogP contribution in [0.2, 0.25) is 0 Å². The molecule has 24 heavy (non-hydrogen) atoms. The summed E-state index contributed by atoms with van der Waals surface area (Å²) in [6.45, 7) is 0. The number of alkyl halides is 3. The van der Waals surface area contributed by atoms with Crippen molar-refractivity contribution in [2.45, 2.75) is 24.6 Å². The molecule has 2 aromatic rings. The molecule has 0 radical (unpaired) electrons. The summed E-state index contributed by atoms with van der Waals surface area (Å²) in [6.07, 6.45) is -2.50. The van der Waals surface area contributed by atoms with Gasteiger partial charge in [0.1, 0.15) is 22.3 Å². The Hall–Kier alpha value is -3.02. The number of carbonyl (C=O) groups excluding carboxylic acids is 1. The number of halogens is 3. The Morgan fingerprint density at radius 1 is 1.46 bits per heavy atom. The van der Waals surface area contributed by atoms with Gasteiger partial charge < -0.3 is 15.5 Å². The van der Waals surface area contributed by atoms with Crippen LogP contribution >= 0.6 is 0 Å². The molecule has 0 atom stereocenters. The molecular formula is C15H11F3N4O2. The van der Waals surface area contributed by atoms with Crippen molar-refractivity contribution in [3.63, 3.8) is 0 Å². The molecule has 1 aromatic carbocycles. The fourth-order valence-corrected chi connectivity index (χ4v) is 2.13. The molecule has 9 heteroatoms. The Bertz CT molecular complexity index is 888. The predicted octanol–water partition coefficient (Wildman–Crippen LogP) is 2.32. The number of para-hydroxylation sites is 1. The van der Waals surface area contributed by atoms with E-state index in [4.69, 9.17) is 15.4 Å². The van der Waals surface area contributed by atoms with E-state index in [9.17, 15) is 18.0 Å². The topological polar surface area (TPSA) is 105 Å². The van der Waals surface area contributed by atoms with Crippen molar-refractivity contribution in [2.24, 2.45) is 5.73 Å². The lowest BCUT2D eigenvalue weighted by Gasteiger charge is -2.08. The number of aromatic nitrogens is 1. The third-order valence-corrected chi connectivity index (χ3v) is 3.59. The highest BCUT2D eigenvalue weighted by Gasteiger charge is 2.44. The standard InChI is InChI=1S/C15H11F3N4O2/c16-15(17,18)8-2-1-3-10-12(8)24-11(21-10)6-9(20)13(23)22-14(7-19)4-5-14/h1-3,6H,4-5,20H2,(H,22,23)/b9-6-. The predicted molar refractivity (Wildman–Crippen MR) is 76.9 cm³/mol. The summed E-state index contributed by atoms with van der Waals surface area (Å²) in [5.41, 5.74) is 3.00. The van der Waals surface area contributed by atoms with Gasteiger partial charge in [0.25, 0.3) is 5.91 Å². The second-order valence-corrected chi connectivity index (χ2v) is 5.45. The van der Waals surface area contributed by atoms with E-state index < -0.39 is 28.8 Å². The number of fused-ring (bicyclic) bond motifs is 1. The molecule has 0 unspecified atom stereocenters. The monoisotopic (exact) mass is 336 g/mol. The first-order valence-corrected chi connectivity index (χ1v) is 6.92. The number of carbonyl (C=O) groups is 1. The highest BCUT2D eigenvalue weighted by atomic mass is 19.4. The quantitative estimate of drug-likeness (QED) is 0.837. The van der Waals surface area contributed by atoms with Crippen molar-refractivity contribution in [3.05, 3.63) is 35.4 Å². The largest absolute Gasteiger partial charge is 0.436 e. The molecule has 1 aromatic heterocycles. The van der Waals surface area contributed by atoms with Crippen LogP contribution in [0, 0.1) is 11.3 Å². The summed E-state index contributed by atoms with van der Waals surface area (Å²) in [7, 11) is 0. The molecule has 1 aliphatic carbocycles. The molecule has 0 aliphatic heterocycles. The van der Waals surface area contributed by atoms with Crippen molar-refractivity contribution in [1.82, 2.24) is 10.3 Å². The number of nitrogens with one attached hydrogen (secondary N) is 1. The summed E-state index contributed by atoms with van der Waals surface area (Å²) in [5, 5.41) is 11.4. The zero-order valence-corrected chi connectivity index (χ0v) is 12.1. The molecule has 1 heterocycles. The summed E-state index contributed by atoms with van der Waals surface area (Å²) in [5.74, 6) is -0.927. The summed E-state index contributed by atoms with van der Waals surface area (Å²) < 4.78 is 43.9. The van der Waals surface area contributed by atoms with Gasteiger partial charge in [-0.25, -0.2) is 4.98 Å². The van der Waals surface area contributed by atoms with Crippen molar-refractivity contribution < 1.29 is 22.4 Å². The second kappa shape index (κ2) is 5.26. The molecule has 0 saturated heterocycles. The molecule has 6 nitrogen and oxygen atoms in total. The van der Waals surface area contributed by atoms with E-state index in [0.717, 1.165) is 12.1 Å². The number of rotatable bonds is 3. The van der Waals surface area contributed by atoms with Crippen LogP contribution in [0.3, 0.4) is 0 Å². The fraction of sp³-hybridized carbons (Fsp3) is 0.267. The zero-order chi connectivity index (χ0) is 17.5. The molecule has 0 spiro atoms. The van der Waals surface area contributed by atoms with Crippen molar-refractivity contribution in [1.29, 1.82) is 5.26 Å². The van der Waals surface area contributed by atoms with Crippen LogP contribution in [0.1, 0.15) is 24.3 Å². The lowest BCUT2D eigenvalue weighted by Crippen LogP contribution is -2.38. The van der Waals surface area contributed by atoms with E-state index in [1.54, 1.807) is 0 Å². The maximum Gasteiger partial charge on any atom is 0.420 e. The summed E-state index contributed by atoms with van der Waals surface area (Å²) in [4.78, 5) is 15.8. The van der Waals surface area contributed by atoms with Gasteiger partial charge in [-0.05, 0) is 25.0 Å². The molecule has 124 valence electrons. The SMILES string of the molecule is N#CC1(NC(=O)/C(N)=C/c2nc3cccc(C(F)(F)F)c3o2)CC1. The molecule has 1 amide bonds. The zero-order valence-electron chi connectivity index (χ0n) is 12.1. The minimum absolute atomic E-state index is 0.0000267. The van der Waals surface area contributed by atoms with Gasteiger partial charge in [-0.1, -0.05) is 6.07 Å². The highest BCUT2D eigenvalue weighted by molar-refractivity contribution is 5.97. The smallest absolute Gasteiger partial charge is 0.420 e. The van der Waals surface area contributed by atoms with E-state index in [0.29, 0.717) is 12.8 Å². The van der Waals surface area contributed by atoms with Gasteiger partial charge in [0.15, 0.2) is 5.58 Å². The molecule has 3 N–H and O–H groups in total. The van der Waals surface area contributed by atoms with Gasteiger partial charge in [0.2, 0.25) is 5.89 Å². The van der Waals surface area contributed by atoms with E-state index >= 15 is 0 Å². The van der Waals surface area contributed by atoms with Crippen molar-refractivity contribution in [3.8, 4) is 6.07 Å². The van der Waals surface area contributed by atoms with Crippen LogP contribution in [-0.2, 0) is 11.0 Å². The Kier molecular flexibility index (Phi) is 3.48. The molecular weight excluding hydrogens is 325 g/mol. The van der Waals surface area contributed by atoms with Crippen LogP contribution in [0.15, 0.2) is 28.3 Å². The molecule has 1 saturated carbocycles. The van der Waals surface area contributed by atoms with Crippen LogP contribution < -0.4 is 11.1 Å². The number of nitrogens with zero attached hydrogens (tertiary/aromatic N) is 2. The average Bonchev–Trinajstić information content (AvgIpc) is 3.16. The Balaban J connectivity index is 1.90. The Morgan fingerprint density at radius 3 is 2.75 bits per heavy atom. The lowest BCUT2D eigenvalue weighted by atomic mass is 10.2. The first-order chi connectivity index (χ1) is 11.2. The minimum atomic E-state index is -4.59. The molecule has 1 aliphatic rings. The first-order valence-electron chi connectivity index (χ1n) is 6.92. The molecule has 1 fully saturated rings. The van der Waals surface area contributed by atoms with E-state index in [1.165, 1.54) is 12.1 Å². The van der Waals surface area contributed by atoms with E-state index in [1.807, 2.05) is 6.07 Å². The number of amides is 1. The van der Waals surface area contributed by atoms with Gasteiger partial charge in [-0.15, -0.1) is 0 Å². The maximum absolute atomic E-state index is 12.9.